The van der Waals surface area contributed by atoms with Crippen molar-refractivity contribution in [2.45, 2.75) is 58.4 Å². The molecule has 4 nitrogen and oxygen atoms in total. The molecule has 118 valence electrons. The van der Waals surface area contributed by atoms with E-state index in [1.54, 1.807) is 6.92 Å². The van der Waals surface area contributed by atoms with E-state index in [1.165, 1.54) is 11.1 Å². The SMILES string of the molecule is Cc1cc(OCCCCC(C)(N)C(N)=O)ccc1C(C)C. The average Bonchev–Trinajstić information content (AvgIpc) is 2.37. The molecular formula is C17H28N2O2. The molecule has 0 aliphatic rings. The summed E-state index contributed by atoms with van der Waals surface area (Å²) in [5.74, 6) is 0.959. The summed E-state index contributed by atoms with van der Waals surface area (Å²) in [6.45, 7) is 8.77. The molecule has 0 aliphatic carbocycles. The van der Waals surface area contributed by atoms with E-state index in [0.29, 0.717) is 18.9 Å². The Morgan fingerprint density at radius 1 is 1.33 bits per heavy atom. The minimum absolute atomic E-state index is 0.455. The summed E-state index contributed by atoms with van der Waals surface area (Å²) in [5.41, 5.74) is 12.7. The van der Waals surface area contributed by atoms with Gasteiger partial charge >= 0.3 is 0 Å². The van der Waals surface area contributed by atoms with Gasteiger partial charge in [-0.2, -0.15) is 0 Å². The standard InChI is InChI=1S/C17H28N2O2/c1-12(2)15-8-7-14(11-13(15)3)21-10-6-5-9-17(4,19)16(18)20/h7-8,11-12H,5-6,9-10,19H2,1-4H3,(H2,18,20). The highest BCUT2D eigenvalue weighted by molar-refractivity contribution is 5.83. The van der Waals surface area contributed by atoms with Crippen LogP contribution < -0.4 is 16.2 Å². The monoisotopic (exact) mass is 292 g/mol. The lowest BCUT2D eigenvalue weighted by Crippen LogP contribution is -2.49. The molecule has 4 heteroatoms. The minimum Gasteiger partial charge on any atom is -0.494 e. The van der Waals surface area contributed by atoms with Crippen LogP contribution in [0.3, 0.4) is 0 Å². The molecule has 0 spiro atoms. The number of primary amides is 1. The van der Waals surface area contributed by atoms with Crippen LogP contribution in [0.25, 0.3) is 0 Å². The molecule has 1 aromatic rings. The van der Waals surface area contributed by atoms with Gasteiger partial charge in [0.05, 0.1) is 12.1 Å². The summed E-state index contributed by atoms with van der Waals surface area (Å²) in [6.07, 6.45) is 2.25. The Morgan fingerprint density at radius 2 is 2.00 bits per heavy atom. The molecule has 0 saturated heterocycles. The Hall–Kier alpha value is -1.55. The first-order valence-electron chi connectivity index (χ1n) is 7.56. The number of hydrogen-bond acceptors (Lipinski definition) is 3. The summed E-state index contributed by atoms with van der Waals surface area (Å²) in [4.78, 5) is 11.1. The van der Waals surface area contributed by atoms with Crippen molar-refractivity contribution in [2.75, 3.05) is 6.61 Å². The predicted octanol–water partition coefficient (Wildman–Crippen LogP) is 2.87. The third kappa shape index (κ3) is 5.38. The maximum Gasteiger partial charge on any atom is 0.237 e. The van der Waals surface area contributed by atoms with E-state index in [9.17, 15) is 4.79 Å². The van der Waals surface area contributed by atoms with Gasteiger partial charge in [-0.1, -0.05) is 19.9 Å². The Labute approximate surface area is 127 Å². The summed E-state index contributed by atoms with van der Waals surface area (Å²) >= 11 is 0. The highest BCUT2D eigenvalue weighted by atomic mass is 16.5. The number of benzene rings is 1. The van der Waals surface area contributed by atoms with Gasteiger partial charge in [0.15, 0.2) is 0 Å². The zero-order valence-corrected chi connectivity index (χ0v) is 13.6. The highest BCUT2D eigenvalue weighted by Gasteiger charge is 2.24. The Balaban J connectivity index is 2.37. The van der Waals surface area contributed by atoms with Crippen molar-refractivity contribution >= 4 is 5.91 Å². The molecule has 4 N–H and O–H groups in total. The van der Waals surface area contributed by atoms with Gasteiger partial charge in [0.2, 0.25) is 5.91 Å². The first-order valence-corrected chi connectivity index (χ1v) is 7.56. The molecule has 21 heavy (non-hydrogen) atoms. The smallest absolute Gasteiger partial charge is 0.237 e. The van der Waals surface area contributed by atoms with Gasteiger partial charge in [-0.05, 0) is 62.3 Å². The second kappa shape index (κ2) is 7.46. The number of rotatable bonds is 8. The lowest BCUT2D eigenvalue weighted by Gasteiger charge is -2.20. The van der Waals surface area contributed by atoms with Crippen molar-refractivity contribution in [1.29, 1.82) is 0 Å². The number of nitrogens with two attached hydrogens (primary N) is 2. The number of carbonyl (C=O) groups is 1. The fourth-order valence-corrected chi connectivity index (χ4v) is 2.29. The van der Waals surface area contributed by atoms with Crippen LogP contribution in [0.2, 0.25) is 0 Å². The molecule has 0 fully saturated rings. The first kappa shape index (κ1) is 17.5. The van der Waals surface area contributed by atoms with E-state index in [4.69, 9.17) is 16.2 Å². The average molecular weight is 292 g/mol. The molecule has 1 aromatic carbocycles. The summed E-state index contributed by atoms with van der Waals surface area (Å²) in [5, 5.41) is 0. The molecular weight excluding hydrogens is 264 g/mol. The van der Waals surface area contributed by atoms with Crippen LogP contribution in [0, 0.1) is 6.92 Å². The number of aryl methyl sites for hydroxylation is 1. The molecule has 0 saturated carbocycles. The predicted molar refractivity (Wildman–Crippen MR) is 86.4 cm³/mol. The summed E-state index contributed by atoms with van der Waals surface area (Å²) in [6, 6.07) is 6.21. The van der Waals surface area contributed by atoms with E-state index in [0.717, 1.165) is 18.6 Å². The quantitative estimate of drug-likeness (QED) is 0.723. The van der Waals surface area contributed by atoms with E-state index in [-0.39, 0.29) is 0 Å². The van der Waals surface area contributed by atoms with Crippen molar-refractivity contribution in [3.8, 4) is 5.75 Å². The van der Waals surface area contributed by atoms with Gasteiger partial charge in [-0.25, -0.2) is 0 Å². The maximum atomic E-state index is 11.1. The fraction of sp³-hybridized carbons (Fsp3) is 0.588. The van der Waals surface area contributed by atoms with Gasteiger partial charge in [0, 0.05) is 0 Å². The van der Waals surface area contributed by atoms with Gasteiger partial charge in [0.1, 0.15) is 5.75 Å². The highest BCUT2D eigenvalue weighted by Crippen LogP contribution is 2.23. The Bertz CT molecular complexity index is 482. The zero-order valence-electron chi connectivity index (χ0n) is 13.6. The van der Waals surface area contributed by atoms with Gasteiger partial charge in [-0.3, -0.25) is 4.79 Å². The van der Waals surface area contributed by atoms with E-state index in [1.807, 2.05) is 6.07 Å². The largest absolute Gasteiger partial charge is 0.494 e. The minimum atomic E-state index is -0.921. The van der Waals surface area contributed by atoms with Crippen LogP contribution in [-0.4, -0.2) is 18.1 Å². The lowest BCUT2D eigenvalue weighted by atomic mass is 9.95. The fourth-order valence-electron chi connectivity index (χ4n) is 2.29. The number of hydrogen-bond donors (Lipinski definition) is 2. The molecule has 1 atom stereocenters. The first-order chi connectivity index (χ1) is 9.74. The van der Waals surface area contributed by atoms with Crippen molar-refractivity contribution in [3.63, 3.8) is 0 Å². The van der Waals surface area contributed by atoms with Crippen LogP contribution >= 0.6 is 0 Å². The number of unbranched alkanes of at least 4 members (excludes halogenated alkanes) is 1. The number of carbonyl (C=O) groups excluding carboxylic acids is 1. The molecule has 1 amide bonds. The molecule has 1 rings (SSSR count). The molecule has 1 unspecified atom stereocenters. The molecule has 0 bridgehead atoms. The van der Waals surface area contributed by atoms with Crippen molar-refractivity contribution in [3.05, 3.63) is 29.3 Å². The normalized spacial score (nSPS) is 14.0. The van der Waals surface area contributed by atoms with Crippen LogP contribution in [0.4, 0.5) is 0 Å². The second-order valence-corrected chi connectivity index (χ2v) is 6.26. The number of ether oxygens (including phenoxy) is 1. The van der Waals surface area contributed by atoms with Gasteiger partial charge in [-0.15, -0.1) is 0 Å². The summed E-state index contributed by atoms with van der Waals surface area (Å²) in [7, 11) is 0. The van der Waals surface area contributed by atoms with Crippen LogP contribution in [0.1, 0.15) is 57.1 Å². The van der Waals surface area contributed by atoms with Crippen LogP contribution in [0.15, 0.2) is 18.2 Å². The third-order valence-electron chi connectivity index (χ3n) is 3.79. The van der Waals surface area contributed by atoms with Crippen LogP contribution in [0.5, 0.6) is 5.75 Å². The molecule has 0 radical (unpaired) electrons. The maximum absolute atomic E-state index is 11.1. The van der Waals surface area contributed by atoms with Crippen molar-refractivity contribution in [2.24, 2.45) is 11.5 Å². The van der Waals surface area contributed by atoms with Crippen molar-refractivity contribution < 1.29 is 9.53 Å². The van der Waals surface area contributed by atoms with Gasteiger partial charge < -0.3 is 16.2 Å². The van der Waals surface area contributed by atoms with E-state index < -0.39 is 11.4 Å². The third-order valence-corrected chi connectivity index (χ3v) is 3.79. The topological polar surface area (TPSA) is 78.3 Å². The Morgan fingerprint density at radius 3 is 2.52 bits per heavy atom. The zero-order chi connectivity index (χ0) is 16.0. The van der Waals surface area contributed by atoms with E-state index >= 15 is 0 Å². The molecule has 0 heterocycles. The van der Waals surface area contributed by atoms with E-state index in [2.05, 4.69) is 32.9 Å². The lowest BCUT2D eigenvalue weighted by molar-refractivity contribution is -0.122. The number of amides is 1. The second-order valence-electron chi connectivity index (χ2n) is 6.26. The Kier molecular flexibility index (Phi) is 6.21. The molecule has 0 aliphatic heterocycles. The van der Waals surface area contributed by atoms with Crippen LogP contribution in [-0.2, 0) is 4.79 Å². The van der Waals surface area contributed by atoms with Crippen molar-refractivity contribution in [1.82, 2.24) is 0 Å². The van der Waals surface area contributed by atoms with Gasteiger partial charge in [0.25, 0.3) is 0 Å². The summed E-state index contributed by atoms with van der Waals surface area (Å²) < 4.78 is 5.74. The molecule has 0 aromatic heterocycles.